The average Bonchev–Trinajstić information content (AvgIpc) is 3.26. The lowest BCUT2D eigenvalue weighted by atomic mass is 10.1. The second kappa shape index (κ2) is 9.17. The van der Waals surface area contributed by atoms with Gasteiger partial charge < -0.3 is 20.7 Å². The van der Waals surface area contributed by atoms with E-state index in [1.807, 2.05) is 0 Å². The normalized spacial score (nSPS) is 12.4. The maximum Gasteiger partial charge on any atom is 0.270 e. The molecule has 3 N–H and O–H groups in total. The molecule has 1 aromatic carbocycles. The number of carbonyl (C=O) groups excluding carboxylic acids is 3. The molecule has 0 bridgehead atoms. The SMILES string of the molecule is O=C1COc2ccc(CNC(=O)c3cc(C(=O)NCc4cccnc4)n4ncc(F)c4n3)cc2N1. The van der Waals surface area contributed by atoms with Gasteiger partial charge in [0.05, 0.1) is 11.9 Å². The third-order valence-corrected chi connectivity index (χ3v) is 5.20. The first-order valence-corrected chi connectivity index (χ1v) is 10.5. The Bertz CT molecular complexity index is 1460. The molecule has 0 saturated carbocycles. The van der Waals surface area contributed by atoms with E-state index in [9.17, 15) is 18.8 Å². The van der Waals surface area contributed by atoms with Gasteiger partial charge in [0.25, 0.3) is 17.7 Å². The van der Waals surface area contributed by atoms with Gasteiger partial charge in [-0.2, -0.15) is 5.10 Å². The average molecular weight is 475 g/mol. The molecule has 12 heteroatoms. The van der Waals surface area contributed by atoms with Gasteiger partial charge in [-0.1, -0.05) is 12.1 Å². The smallest absolute Gasteiger partial charge is 0.270 e. The summed E-state index contributed by atoms with van der Waals surface area (Å²) < 4.78 is 20.6. The van der Waals surface area contributed by atoms with Crippen LogP contribution in [0.2, 0.25) is 0 Å². The van der Waals surface area contributed by atoms with Crippen LogP contribution in [0.15, 0.2) is 55.0 Å². The van der Waals surface area contributed by atoms with Crippen LogP contribution in [0.1, 0.15) is 32.1 Å². The molecule has 1 aliphatic rings. The monoisotopic (exact) mass is 475 g/mol. The number of fused-ring (bicyclic) bond motifs is 2. The number of carbonyl (C=O) groups is 3. The molecule has 11 nitrogen and oxygen atoms in total. The van der Waals surface area contributed by atoms with Gasteiger partial charge in [0.1, 0.15) is 17.1 Å². The second-order valence-corrected chi connectivity index (χ2v) is 7.65. The van der Waals surface area contributed by atoms with Crippen molar-refractivity contribution < 1.29 is 23.5 Å². The molecule has 0 saturated heterocycles. The van der Waals surface area contributed by atoms with Gasteiger partial charge in [0.2, 0.25) is 0 Å². The van der Waals surface area contributed by atoms with Crippen molar-refractivity contribution in [3.05, 3.63) is 83.3 Å². The standard InChI is InChI=1S/C23H18FN7O4/c24-15-11-28-31-18(23(34)27-10-14-2-1-5-25-8-14)7-17(30-21(15)31)22(33)26-9-13-3-4-19-16(6-13)29-20(32)12-35-19/h1-8,11H,9-10,12H2,(H,26,33)(H,27,34)(H,29,32). The van der Waals surface area contributed by atoms with E-state index in [2.05, 4.69) is 31.0 Å². The first-order valence-electron chi connectivity index (χ1n) is 10.5. The molecule has 0 aliphatic carbocycles. The van der Waals surface area contributed by atoms with Crippen molar-refractivity contribution in [3.63, 3.8) is 0 Å². The number of amides is 3. The third-order valence-electron chi connectivity index (χ3n) is 5.20. The van der Waals surface area contributed by atoms with Crippen LogP contribution in [0.3, 0.4) is 0 Å². The molecule has 3 amide bonds. The molecular weight excluding hydrogens is 457 g/mol. The predicted octanol–water partition coefficient (Wildman–Crippen LogP) is 1.45. The summed E-state index contributed by atoms with van der Waals surface area (Å²) >= 11 is 0. The molecule has 0 radical (unpaired) electrons. The fraction of sp³-hybridized carbons (Fsp3) is 0.130. The Morgan fingerprint density at radius 2 is 1.91 bits per heavy atom. The zero-order valence-corrected chi connectivity index (χ0v) is 18.1. The van der Waals surface area contributed by atoms with Gasteiger partial charge in [-0.3, -0.25) is 19.4 Å². The first-order chi connectivity index (χ1) is 17.0. The van der Waals surface area contributed by atoms with Crippen molar-refractivity contribution in [1.82, 2.24) is 30.2 Å². The summed E-state index contributed by atoms with van der Waals surface area (Å²) in [5.41, 5.74) is 1.50. The van der Waals surface area contributed by atoms with Crippen molar-refractivity contribution >= 4 is 29.1 Å². The Balaban J connectivity index is 1.34. The topological polar surface area (TPSA) is 140 Å². The van der Waals surface area contributed by atoms with Crippen LogP contribution in [0.25, 0.3) is 5.65 Å². The van der Waals surface area contributed by atoms with Crippen molar-refractivity contribution in [1.29, 1.82) is 0 Å². The largest absolute Gasteiger partial charge is 0.482 e. The van der Waals surface area contributed by atoms with Crippen LogP contribution in [-0.2, 0) is 17.9 Å². The summed E-state index contributed by atoms with van der Waals surface area (Å²) in [4.78, 5) is 45.2. The number of anilines is 1. The lowest BCUT2D eigenvalue weighted by Crippen LogP contribution is -2.29. The number of aromatic nitrogens is 4. The number of hydrogen-bond donors (Lipinski definition) is 3. The minimum Gasteiger partial charge on any atom is -0.482 e. The third kappa shape index (κ3) is 4.62. The summed E-state index contributed by atoms with van der Waals surface area (Å²) in [5.74, 6) is -1.69. The number of ether oxygens (including phenoxy) is 1. The number of hydrogen-bond acceptors (Lipinski definition) is 7. The summed E-state index contributed by atoms with van der Waals surface area (Å²) in [6.07, 6.45) is 4.14. The molecule has 35 heavy (non-hydrogen) atoms. The molecule has 4 aromatic rings. The highest BCUT2D eigenvalue weighted by molar-refractivity contribution is 5.98. The van der Waals surface area contributed by atoms with Crippen LogP contribution in [0.5, 0.6) is 5.75 Å². The van der Waals surface area contributed by atoms with Crippen LogP contribution in [-0.4, -0.2) is 43.9 Å². The van der Waals surface area contributed by atoms with E-state index < -0.39 is 17.6 Å². The number of rotatable bonds is 6. The fourth-order valence-electron chi connectivity index (χ4n) is 3.50. The van der Waals surface area contributed by atoms with E-state index >= 15 is 0 Å². The quantitative estimate of drug-likeness (QED) is 0.384. The maximum absolute atomic E-state index is 14.3. The highest BCUT2D eigenvalue weighted by Crippen LogP contribution is 2.28. The van der Waals surface area contributed by atoms with Gasteiger partial charge in [0.15, 0.2) is 18.1 Å². The lowest BCUT2D eigenvalue weighted by Gasteiger charge is -2.18. The number of halogens is 1. The van der Waals surface area contributed by atoms with E-state index in [1.54, 1.807) is 42.7 Å². The molecule has 5 rings (SSSR count). The number of pyridine rings is 1. The Kier molecular flexibility index (Phi) is 5.75. The van der Waals surface area contributed by atoms with E-state index in [0.717, 1.165) is 16.3 Å². The van der Waals surface area contributed by atoms with E-state index in [1.165, 1.54) is 6.07 Å². The van der Waals surface area contributed by atoms with Crippen molar-refractivity contribution in [2.45, 2.75) is 13.1 Å². The highest BCUT2D eigenvalue weighted by Gasteiger charge is 2.20. The second-order valence-electron chi connectivity index (χ2n) is 7.65. The first kappa shape index (κ1) is 21.9. The van der Waals surface area contributed by atoms with Crippen molar-refractivity contribution in [2.75, 3.05) is 11.9 Å². The van der Waals surface area contributed by atoms with Crippen LogP contribution in [0, 0.1) is 5.82 Å². The van der Waals surface area contributed by atoms with Gasteiger partial charge in [-0.05, 0) is 29.3 Å². The highest BCUT2D eigenvalue weighted by atomic mass is 19.1. The van der Waals surface area contributed by atoms with Crippen molar-refractivity contribution in [3.8, 4) is 5.75 Å². The summed E-state index contributed by atoms with van der Waals surface area (Å²) in [5, 5.41) is 12.0. The van der Waals surface area contributed by atoms with Crippen LogP contribution in [0.4, 0.5) is 10.1 Å². The Hall–Kier alpha value is -4.87. The van der Waals surface area contributed by atoms with E-state index in [4.69, 9.17) is 4.74 Å². The van der Waals surface area contributed by atoms with Crippen molar-refractivity contribution in [2.24, 2.45) is 0 Å². The van der Waals surface area contributed by atoms with Crippen LogP contribution < -0.4 is 20.7 Å². The Morgan fingerprint density at radius 1 is 1.09 bits per heavy atom. The summed E-state index contributed by atoms with van der Waals surface area (Å²) in [6, 6.07) is 9.88. The number of benzene rings is 1. The molecule has 0 atom stereocenters. The molecule has 0 unspecified atom stereocenters. The Labute approximate surface area is 197 Å². The number of nitrogens with zero attached hydrogens (tertiary/aromatic N) is 4. The van der Waals surface area contributed by atoms with Gasteiger partial charge in [0, 0.05) is 31.5 Å². The minimum absolute atomic E-state index is 0.0541. The fourth-order valence-corrected chi connectivity index (χ4v) is 3.50. The maximum atomic E-state index is 14.3. The lowest BCUT2D eigenvalue weighted by molar-refractivity contribution is -0.118. The van der Waals surface area contributed by atoms with Gasteiger partial charge in [-0.25, -0.2) is 13.9 Å². The number of nitrogens with one attached hydrogen (secondary N) is 3. The van der Waals surface area contributed by atoms with Gasteiger partial charge in [-0.15, -0.1) is 0 Å². The van der Waals surface area contributed by atoms with E-state index in [0.29, 0.717) is 17.0 Å². The zero-order chi connectivity index (χ0) is 24.4. The molecule has 0 fully saturated rings. The zero-order valence-electron chi connectivity index (χ0n) is 18.1. The molecule has 176 valence electrons. The molecule has 3 aromatic heterocycles. The van der Waals surface area contributed by atoms with Crippen LogP contribution >= 0.6 is 0 Å². The summed E-state index contributed by atoms with van der Waals surface area (Å²) in [6.45, 7) is 0.222. The molecule has 4 heterocycles. The Morgan fingerprint density at radius 3 is 2.74 bits per heavy atom. The molecule has 1 aliphatic heterocycles. The van der Waals surface area contributed by atoms with Gasteiger partial charge >= 0.3 is 0 Å². The predicted molar refractivity (Wildman–Crippen MR) is 120 cm³/mol. The molecule has 0 spiro atoms. The van der Waals surface area contributed by atoms with E-state index in [-0.39, 0.29) is 42.6 Å². The minimum atomic E-state index is -0.772. The summed E-state index contributed by atoms with van der Waals surface area (Å²) in [7, 11) is 0. The molecular formula is C23H18FN7O4.